The lowest BCUT2D eigenvalue weighted by atomic mass is 10.0. The topological polar surface area (TPSA) is 48.7 Å². The van der Waals surface area contributed by atoms with Crippen molar-refractivity contribution in [2.45, 2.75) is 34.1 Å². The number of hydrogen-bond acceptors (Lipinski definition) is 3. The molecular formula is C22H29ClN3OS+. The van der Waals surface area contributed by atoms with Crippen LogP contribution in [0.15, 0.2) is 35.3 Å². The second kappa shape index (κ2) is 10.1. The Kier molecular flexibility index (Phi) is 8.10. The van der Waals surface area contributed by atoms with Gasteiger partial charge in [-0.1, -0.05) is 36.7 Å². The molecule has 0 bridgehead atoms. The van der Waals surface area contributed by atoms with Gasteiger partial charge in [-0.3, -0.25) is 5.41 Å². The minimum atomic E-state index is 0.0838. The van der Waals surface area contributed by atoms with Gasteiger partial charge in [0.05, 0.1) is 12.6 Å². The standard InChI is InChI=1S/C22H28ClN3OS/c1-6-26(5)10-9-17-11-16(4)20(12-15(17)3)27-22(28)25-21(24)18-8-7-14(2)19(23)13-18/h7-8,11-13H,6,9-10H2,1-5H3,(H2,24,25,28)/p+1. The Bertz CT molecular complexity index is 896. The molecule has 0 spiro atoms. The van der Waals surface area contributed by atoms with Crippen molar-refractivity contribution in [1.82, 2.24) is 4.90 Å². The number of aliphatic imine (C=N–C) groups is 1. The molecule has 0 saturated carbocycles. The van der Waals surface area contributed by atoms with Crippen LogP contribution in [0.5, 0.6) is 5.75 Å². The minimum absolute atomic E-state index is 0.0838. The molecular weight excluding hydrogens is 390 g/mol. The monoisotopic (exact) mass is 418 g/mol. The predicted molar refractivity (Wildman–Crippen MR) is 124 cm³/mol. The van der Waals surface area contributed by atoms with Crippen molar-refractivity contribution in [3.8, 4) is 5.75 Å². The van der Waals surface area contributed by atoms with Gasteiger partial charge in [-0.2, -0.15) is 0 Å². The number of halogens is 1. The largest absolute Gasteiger partial charge is 0.414 e. The van der Waals surface area contributed by atoms with E-state index in [1.807, 2.05) is 32.0 Å². The van der Waals surface area contributed by atoms with Crippen LogP contribution in [0.4, 0.5) is 0 Å². The molecule has 2 aromatic rings. The highest BCUT2D eigenvalue weighted by Crippen LogP contribution is 2.24. The maximum atomic E-state index is 8.17. The first-order chi connectivity index (χ1) is 13.2. The maximum absolute atomic E-state index is 8.17. The van der Waals surface area contributed by atoms with Crippen LogP contribution in [0, 0.1) is 26.2 Å². The van der Waals surface area contributed by atoms with Crippen LogP contribution in [0.25, 0.3) is 0 Å². The molecule has 0 aliphatic rings. The highest BCUT2D eigenvalue weighted by molar-refractivity contribution is 7.77. The molecule has 0 radical (unpaired) electrons. The van der Waals surface area contributed by atoms with Crippen molar-refractivity contribution in [2.75, 3.05) is 20.1 Å². The average Bonchev–Trinajstić information content (AvgIpc) is 2.65. The molecule has 2 aromatic carbocycles. The molecule has 150 valence electrons. The number of hydrogen-bond donors (Lipinski definition) is 1. The first-order valence-corrected chi connectivity index (χ1v) is 10.2. The molecule has 6 heteroatoms. The Morgan fingerprint density at radius 2 is 1.86 bits per heavy atom. The summed E-state index contributed by atoms with van der Waals surface area (Å²) in [5.41, 5.74) is 5.15. The van der Waals surface area contributed by atoms with Crippen LogP contribution in [-0.2, 0) is 19.0 Å². The van der Waals surface area contributed by atoms with Gasteiger partial charge in [0.2, 0.25) is 0 Å². The second-order valence-electron chi connectivity index (χ2n) is 7.02. The summed E-state index contributed by atoms with van der Waals surface area (Å²) in [7, 11) is 2.13. The second-order valence-corrected chi connectivity index (χ2v) is 7.86. The van der Waals surface area contributed by atoms with E-state index in [0.717, 1.165) is 36.4 Å². The van der Waals surface area contributed by atoms with Crippen LogP contribution < -0.4 is 4.74 Å². The van der Waals surface area contributed by atoms with E-state index >= 15 is 0 Å². The van der Waals surface area contributed by atoms with Crippen LogP contribution in [0.2, 0.25) is 5.02 Å². The van der Waals surface area contributed by atoms with Crippen molar-refractivity contribution in [3.63, 3.8) is 0 Å². The molecule has 0 aromatic heterocycles. The number of nitrogens with zero attached hydrogens (tertiary/aromatic N) is 2. The molecule has 2 rings (SSSR count). The molecule has 0 aliphatic heterocycles. The van der Waals surface area contributed by atoms with Crippen molar-refractivity contribution in [3.05, 3.63) is 63.2 Å². The van der Waals surface area contributed by atoms with E-state index in [1.54, 1.807) is 6.07 Å². The van der Waals surface area contributed by atoms with Gasteiger partial charge in [-0.15, -0.1) is 4.99 Å². The van der Waals surface area contributed by atoms with Crippen molar-refractivity contribution in [2.24, 2.45) is 4.99 Å². The van der Waals surface area contributed by atoms with Crippen molar-refractivity contribution >= 4 is 35.3 Å². The maximum Gasteiger partial charge on any atom is 0.414 e. The van der Waals surface area contributed by atoms with E-state index in [2.05, 4.69) is 49.5 Å². The molecule has 0 fully saturated rings. The normalized spacial score (nSPS) is 11.8. The quantitative estimate of drug-likeness (QED) is 0.425. The van der Waals surface area contributed by atoms with Crippen molar-refractivity contribution < 1.29 is 4.74 Å². The fourth-order valence-corrected chi connectivity index (χ4v) is 3.13. The summed E-state index contributed by atoms with van der Waals surface area (Å²) in [6, 6.07) is 9.62. The zero-order valence-corrected chi connectivity index (χ0v) is 18.9. The lowest BCUT2D eigenvalue weighted by Gasteiger charge is -2.16. The fourth-order valence-electron chi connectivity index (χ4n) is 2.73. The predicted octanol–water partition coefficient (Wildman–Crippen LogP) is 4.53. The van der Waals surface area contributed by atoms with E-state index in [-0.39, 0.29) is 11.1 Å². The number of amidine groups is 1. The van der Waals surface area contributed by atoms with E-state index in [1.165, 1.54) is 11.1 Å². The van der Waals surface area contributed by atoms with Gasteiger partial charge in [-0.05, 0) is 75.2 Å². The lowest BCUT2D eigenvalue weighted by Crippen LogP contribution is -2.20. The summed E-state index contributed by atoms with van der Waals surface area (Å²) >= 11 is 9.53. The first-order valence-electron chi connectivity index (χ1n) is 9.33. The van der Waals surface area contributed by atoms with Crippen LogP contribution >= 0.6 is 11.6 Å². The smallest absolute Gasteiger partial charge is 0.402 e. The third-order valence-electron chi connectivity index (χ3n) is 4.80. The molecule has 0 heterocycles. The van der Waals surface area contributed by atoms with Gasteiger partial charge >= 0.3 is 5.23 Å². The number of likely N-dealkylation sites (N-methyl/N-ethyl adjacent to an activating group) is 1. The average molecular weight is 419 g/mol. The van der Waals surface area contributed by atoms with Gasteiger partial charge in [-0.25, -0.2) is 0 Å². The summed E-state index contributed by atoms with van der Waals surface area (Å²) in [5, 5.41) is 9.03. The third kappa shape index (κ3) is 6.09. The summed E-state index contributed by atoms with van der Waals surface area (Å²) in [6.07, 6.45) is 1.00. The van der Waals surface area contributed by atoms with E-state index in [9.17, 15) is 0 Å². The zero-order valence-electron chi connectivity index (χ0n) is 17.2. The molecule has 0 saturated heterocycles. The Morgan fingerprint density at radius 1 is 1.14 bits per heavy atom. The Labute approximate surface area is 178 Å². The highest BCUT2D eigenvalue weighted by atomic mass is 35.5. The van der Waals surface area contributed by atoms with Gasteiger partial charge in [0.15, 0.2) is 5.84 Å². The Morgan fingerprint density at radius 3 is 2.50 bits per heavy atom. The Balaban J connectivity index is 2.13. The van der Waals surface area contributed by atoms with Crippen molar-refractivity contribution in [1.29, 1.82) is 5.41 Å². The van der Waals surface area contributed by atoms with E-state index < -0.39 is 0 Å². The Hall–Kier alpha value is -1.82. The van der Waals surface area contributed by atoms with Crippen LogP contribution in [0.3, 0.4) is 0 Å². The molecule has 1 N–H and O–H groups in total. The number of nitrogens with one attached hydrogen (secondary N) is 1. The number of ether oxygens (including phenoxy) is 1. The fraction of sp³-hybridized carbons (Fsp3) is 0.364. The van der Waals surface area contributed by atoms with Crippen LogP contribution in [0.1, 0.15) is 34.7 Å². The lowest BCUT2D eigenvalue weighted by molar-refractivity contribution is 0.357. The zero-order chi connectivity index (χ0) is 20.8. The molecule has 4 nitrogen and oxygen atoms in total. The number of aryl methyl sites for hydroxylation is 3. The molecule has 28 heavy (non-hydrogen) atoms. The molecule has 0 atom stereocenters. The van der Waals surface area contributed by atoms with Gasteiger partial charge in [0, 0.05) is 17.1 Å². The highest BCUT2D eigenvalue weighted by Gasteiger charge is 2.12. The minimum Gasteiger partial charge on any atom is -0.402 e. The van der Waals surface area contributed by atoms with Crippen LogP contribution in [-0.4, -0.2) is 36.1 Å². The third-order valence-corrected chi connectivity index (χ3v) is 5.42. The molecule has 0 aliphatic carbocycles. The van der Waals surface area contributed by atoms with E-state index in [4.69, 9.17) is 21.7 Å². The van der Waals surface area contributed by atoms with Gasteiger partial charge in [0.1, 0.15) is 5.75 Å². The van der Waals surface area contributed by atoms with E-state index in [0.29, 0.717) is 10.6 Å². The van der Waals surface area contributed by atoms with Gasteiger partial charge < -0.3 is 9.64 Å². The summed E-state index contributed by atoms with van der Waals surface area (Å²) < 4.78 is 5.85. The molecule has 0 unspecified atom stereocenters. The first kappa shape index (κ1) is 22.5. The SMILES string of the molecule is CCN(C)CCc1cc(C)c(OC([SH2+])=NC(=N)c2ccc(C)c(Cl)c2)cc1C. The summed E-state index contributed by atoms with van der Waals surface area (Å²) in [5.74, 6) is 0.814. The summed E-state index contributed by atoms with van der Waals surface area (Å²) in [4.78, 5) is 6.50. The number of benzene rings is 2. The summed E-state index contributed by atoms with van der Waals surface area (Å²) in [6.45, 7) is 10.3. The number of rotatable bonds is 6. The molecule has 0 amide bonds. The van der Waals surface area contributed by atoms with Gasteiger partial charge in [0.25, 0.3) is 0 Å².